The number of esters is 1. The van der Waals surface area contributed by atoms with Crippen molar-refractivity contribution in [3.63, 3.8) is 0 Å². The van der Waals surface area contributed by atoms with Crippen LogP contribution in [0.1, 0.15) is 53.3 Å². The fourth-order valence-electron chi connectivity index (χ4n) is 4.72. The number of thiophene rings is 1. The quantitative estimate of drug-likeness (QED) is 0.596. The summed E-state index contributed by atoms with van der Waals surface area (Å²) >= 11 is 1.54. The Balaban J connectivity index is 1.79. The normalized spacial score (nSPS) is 16.9. The maximum absolute atomic E-state index is 12.2. The highest BCUT2D eigenvalue weighted by atomic mass is 32.1. The van der Waals surface area contributed by atoms with E-state index in [1.54, 1.807) is 23.5 Å². The van der Waals surface area contributed by atoms with Crippen LogP contribution in [0.3, 0.4) is 0 Å². The number of benzene rings is 1. The molecule has 5 rings (SSSR count). The van der Waals surface area contributed by atoms with E-state index < -0.39 is 0 Å². The van der Waals surface area contributed by atoms with Crippen LogP contribution in [0.5, 0.6) is 11.5 Å². The number of aromatic nitrogens is 1. The summed E-state index contributed by atoms with van der Waals surface area (Å²) in [5.74, 6) is 1.15. The molecular weight excluding hydrogens is 374 g/mol. The first-order chi connectivity index (χ1) is 13.7. The zero-order chi connectivity index (χ0) is 19.3. The van der Waals surface area contributed by atoms with Crippen LogP contribution in [0.25, 0.3) is 21.5 Å². The van der Waals surface area contributed by atoms with Gasteiger partial charge in [-0.05, 0) is 42.5 Å². The predicted octanol–water partition coefficient (Wildman–Crippen LogP) is 5.30. The van der Waals surface area contributed by atoms with Gasteiger partial charge in [0.05, 0.1) is 29.6 Å². The van der Waals surface area contributed by atoms with Crippen molar-refractivity contribution in [2.24, 2.45) is 0 Å². The third-order valence-corrected chi connectivity index (χ3v) is 7.10. The molecule has 3 aromatic rings. The summed E-state index contributed by atoms with van der Waals surface area (Å²) in [7, 11) is 1.43. The summed E-state index contributed by atoms with van der Waals surface area (Å²) in [5.41, 5.74) is 4.65. The van der Waals surface area contributed by atoms with Crippen molar-refractivity contribution in [3.05, 3.63) is 34.7 Å². The molecule has 0 saturated heterocycles. The minimum absolute atomic E-state index is 0.216. The largest absolute Gasteiger partial charge is 0.508 e. The summed E-state index contributed by atoms with van der Waals surface area (Å²) in [6, 6.07) is 7.35. The van der Waals surface area contributed by atoms with E-state index in [-0.39, 0.29) is 11.7 Å². The first-order valence-electron chi connectivity index (χ1n) is 9.88. The molecule has 28 heavy (non-hydrogen) atoms. The number of hydrogen-bond acceptors (Lipinski definition) is 5. The average Bonchev–Trinajstić information content (AvgIpc) is 3.20. The molecule has 2 aromatic heterocycles. The summed E-state index contributed by atoms with van der Waals surface area (Å²) in [6.07, 6.45) is 6.12. The second-order valence-corrected chi connectivity index (χ2v) is 8.65. The molecule has 146 valence electrons. The minimum Gasteiger partial charge on any atom is -0.508 e. The van der Waals surface area contributed by atoms with Gasteiger partial charge in [0.25, 0.3) is 0 Å². The van der Waals surface area contributed by atoms with E-state index in [2.05, 4.69) is 4.57 Å². The Hall–Kier alpha value is -2.47. The lowest BCUT2D eigenvalue weighted by Crippen LogP contribution is -2.08. The van der Waals surface area contributed by atoms with Gasteiger partial charge in [-0.3, -0.25) is 0 Å². The molecule has 0 atom stereocenters. The number of phenolic OH excluding ortho intramolecular Hbond substituents is 1. The Morgan fingerprint density at radius 1 is 1.25 bits per heavy atom. The molecule has 5 nitrogen and oxygen atoms in total. The van der Waals surface area contributed by atoms with Crippen molar-refractivity contribution in [2.45, 2.75) is 44.6 Å². The van der Waals surface area contributed by atoms with Crippen LogP contribution in [0, 0.1) is 0 Å². The van der Waals surface area contributed by atoms with Gasteiger partial charge in [0.2, 0.25) is 0 Å². The Morgan fingerprint density at radius 3 is 2.86 bits per heavy atom. The molecule has 0 unspecified atom stereocenters. The Morgan fingerprint density at radius 2 is 2.07 bits per heavy atom. The smallest absolute Gasteiger partial charge is 0.348 e. The topological polar surface area (TPSA) is 60.7 Å². The van der Waals surface area contributed by atoms with Crippen molar-refractivity contribution < 1.29 is 19.4 Å². The Labute approximate surface area is 167 Å². The number of rotatable bonds is 2. The molecule has 3 heterocycles. The third-order valence-electron chi connectivity index (χ3n) is 5.97. The first-order valence-corrected chi connectivity index (χ1v) is 10.7. The molecular formula is C22H23NO4S. The molecule has 1 N–H and O–H groups in total. The van der Waals surface area contributed by atoms with Gasteiger partial charge in [0, 0.05) is 11.6 Å². The summed E-state index contributed by atoms with van der Waals surface area (Å²) in [4.78, 5) is 12.8. The highest BCUT2D eigenvalue weighted by Crippen LogP contribution is 2.49. The van der Waals surface area contributed by atoms with Crippen LogP contribution in [0.15, 0.2) is 24.3 Å². The zero-order valence-electron chi connectivity index (χ0n) is 15.9. The molecule has 1 aliphatic heterocycles. The van der Waals surface area contributed by atoms with E-state index >= 15 is 0 Å². The van der Waals surface area contributed by atoms with E-state index in [1.165, 1.54) is 55.2 Å². The molecule has 0 bridgehead atoms. The number of carbonyl (C=O) groups is 1. The third kappa shape index (κ3) is 2.70. The van der Waals surface area contributed by atoms with Gasteiger partial charge in [-0.25, -0.2) is 4.79 Å². The average molecular weight is 397 g/mol. The summed E-state index contributed by atoms with van der Waals surface area (Å²) in [6.45, 7) is 1.24. The van der Waals surface area contributed by atoms with Crippen LogP contribution >= 0.6 is 11.3 Å². The number of phenols is 1. The molecule has 6 heteroatoms. The standard InChI is InChI=1S/C22H23NO4S/c1-26-22(25)18-12-16-21(28-18)19(13-5-3-2-4-6-13)20-15-8-7-14(24)11-17(15)27-10-9-23(16)20/h7-8,11-13,24H,2-6,9-10H2,1H3. The predicted molar refractivity (Wildman–Crippen MR) is 110 cm³/mol. The van der Waals surface area contributed by atoms with E-state index in [1.807, 2.05) is 12.1 Å². The monoisotopic (exact) mass is 397 g/mol. The number of nitrogens with zero attached hydrogens (tertiary/aromatic N) is 1. The van der Waals surface area contributed by atoms with E-state index in [0.717, 1.165) is 16.8 Å². The number of aromatic hydroxyl groups is 1. The van der Waals surface area contributed by atoms with Crippen molar-refractivity contribution in [1.82, 2.24) is 4.57 Å². The van der Waals surface area contributed by atoms with Crippen molar-refractivity contribution in [2.75, 3.05) is 13.7 Å². The number of hydrogen-bond donors (Lipinski definition) is 1. The zero-order valence-corrected chi connectivity index (χ0v) is 16.7. The second-order valence-electron chi connectivity index (χ2n) is 7.59. The number of carbonyl (C=O) groups excluding carboxylic acids is 1. The Kier molecular flexibility index (Phi) is 4.31. The maximum Gasteiger partial charge on any atom is 0.348 e. The number of fused-ring (bicyclic) bond motifs is 5. The van der Waals surface area contributed by atoms with E-state index in [0.29, 0.717) is 23.9 Å². The van der Waals surface area contributed by atoms with Crippen LogP contribution in [0.2, 0.25) is 0 Å². The SMILES string of the molecule is COC(=O)c1cc2c(s1)c(C1CCCCC1)c1n2CCOc2cc(O)ccc2-1. The minimum atomic E-state index is -0.277. The van der Waals surface area contributed by atoms with Gasteiger partial charge in [0.1, 0.15) is 23.0 Å². The van der Waals surface area contributed by atoms with Crippen molar-refractivity contribution >= 4 is 27.5 Å². The second kappa shape index (κ2) is 6.85. The van der Waals surface area contributed by atoms with E-state index in [4.69, 9.17) is 9.47 Å². The highest BCUT2D eigenvalue weighted by molar-refractivity contribution is 7.21. The van der Waals surface area contributed by atoms with Gasteiger partial charge in [-0.1, -0.05) is 19.3 Å². The molecule has 0 spiro atoms. The maximum atomic E-state index is 12.2. The molecule has 1 saturated carbocycles. The van der Waals surface area contributed by atoms with E-state index in [9.17, 15) is 9.90 Å². The van der Waals surface area contributed by atoms with Crippen LogP contribution < -0.4 is 4.74 Å². The highest BCUT2D eigenvalue weighted by Gasteiger charge is 2.31. The molecule has 0 amide bonds. The van der Waals surface area contributed by atoms with Crippen LogP contribution in [0.4, 0.5) is 0 Å². The van der Waals surface area contributed by atoms with Crippen molar-refractivity contribution in [1.29, 1.82) is 0 Å². The molecule has 1 aromatic carbocycles. The lowest BCUT2D eigenvalue weighted by Gasteiger charge is -2.23. The molecule has 1 aliphatic carbocycles. The van der Waals surface area contributed by atoms with Gasteiger partial charge >= 0.3 is 5.97 Å². The molecule has 0 radical (unpaired) electrons. The van der Waals surface area contributed by atoms with Crippen LogP contribution in [-0.2, 0) is 11.3 Å². The van der Waals surface area contributed by atoms with Gasteiger partial charge in [-0.2, -0.15) is 0 Å². The lowest BCUT2D eigenvalue weighted by molar-refractivity contribution is 0.0606. The molecule has 1 fully saturated rings. The fourth-order valence-corrected chi connectivity index (χ4v) is 5.92. The fraction of sp³-hybridized carbons (Fsp3) is 0.409. The van der Waals surface area contributed by atoms with Gasteiger partial charge in [0.15, 0.2) is 0 Å². The lowest BCUT2D eigenvalue weighted by atomic mass is 9.83. The van der Waals surface area contributed by atoms with Crippen molar-refractivity contribution in [3.8, 4) is 22.8 Å². The number of methoxy groups -OCH3 is 1. The Bertz CT molecular complexity index is 1060. The summed E-state index contributed by atoms with van der Waals surface area (Å²) in [5, 5.41) is 9.93. The first kappa shape index (κ1) is 17.6. The molecule has 2 aliphatic rings. The number of ether oxygens (including phenoxy) is 2. The van der Waals surface area contributed by atoms with Gasteiger partial charge < -0.3 is 19.1 Å². The van der Waals surface area contributed by atoms with Gasteiger partial charge in [-0.15, -0.1) is 11.3 Å². The summed E-state index contributed by atoms with van der Waals surface area (Å²) < 4.78 is 14.4. The van der Waals surface area contributed by atoms with Crippen LogP contribution in [-0.4, -0.2) is 29.4 Å².